The summed E-state index contributed by atoms with van der Waals surface area (Å²) in [5.74, 6) is -0.187. The van der Waals surface area contributed by atoms with Gasteiger partial charge in [-0.3, -0.25) is 9.78 Å². The van der Waals surface area contributed by atoms with E-state index in [2.05, 4.69) is 22.1 Å². The van der Waals surface area contributed by atoms with Crippen LogP contribution in [-0.4, -0.2) is 17.4 Å². The zero-order valence-corrected chi connectivity index (χ0v) is 15.3. The fraction of sp³-hybridized carbons (Fsp3) is 0.143. The summed E-state index contributed by atoms with van der Waals surface area (Å²) in [6.45, 7) is 2.99. The molecule has 3 aromatic rings. The zero-order valence-electron chi connectivity index (χ0n) is 14.5. The molecule has 0 spiro atoms. The average Bonchev–Trinajstić information content (AvgIpc) is 2.67. The minimum atomic E-state index is -0.187. The Kier molecular flexibility index (Phi) is 5.87. The van der Waals surface area contributed by atoms with E-state index in [9.17, 15) is 4.79 Å². The number of hydrogen-bond acceptors (Lipinski definition) is 3. The van der Waals surface area contributed by atoms with Crippen molar-refractivity contribution in [2.75, 3.05) is 16.8 Å². The summed E-state index contributed by atoms with van der Waals surface area (Å²) in [4.78, 5) is 18.8. The van der Waals surface area contributed by atoms with Gasteiger partial charge < -0.3 is 10.2 Å². The molecule has 0 atom stereocenters. The number of rotatable bonds is 6. The van der Waals surface area contributed by atoms with Gasteiger partial charge in [0.15, 0.2) is 0 Å². The summed E-state index contributed by atoms with van der Waals surface area (Å²) in [5, 5.41) is 3.47. The van der Waals surface area contributed by atoms with E-state index in [-0.39, 0.29) is 5.91 Å². The Morgan fingerprint density at radius 2 is 1.88 bits per heavy atom. The molecule has 1 amide bonds. The van der Waals surface area contributed by atoms with Gasteiger partial charge in [-0.05, 0) is 55.0 Å². The quantitative estimate of drug-likeness (QED) is 0.624. The standard InChI is InChI=1S/C21H20ClN3O/c1-2-12-25(20-10-5-11-23-15-20)19-9-4-8-18(14-19)24-21(26)16-6-3-7-17(22)13-16/h3-11,13-15H,2,12H2,1H3,(H,24,26). The van der Waals surface area contributed by atoms with Gasteiger partial charge in [0.2, 0.25) is 0 Å². The van der Waals surface area contributed by atoms with Gasteiger partial charge in [-0.25, -0.2) is 0 Å². The number of pyridine rings is 1. The van der Waals surface area contributed by atoms with Gasteiger partial charge in [-0.1, -0.05) is 30.7 Å². The summed E-state index contributed by atoms with van der Waals surface area (Å²) in [5.41, 5.74) is 3.29. The van der Waals surface area contributed by atoms with Gasteiger partial charge in [-0.2, -0.15) is 0 Å². The highest BCUT2D eigenvalue weighted by atomic mass is 35.5. The maximum absolute atomic E-state index is 12.4. The fourth-order valence-corrected chi connectivity index (χ4v) is 2.92. The van der Waals surface area contributed by atoms with Crippen LogP contribution in [-0.2, 0) is 0 Å². The minimum Gasteiger partial charge on any atom is -0.340 e. The molecule has 0 saturated heterocycles. The maximum atomic E-state index is 12.4. The van der Waals surface area contributed by atoms with Gasteiger partial charge in [0.05, 0.1) is 11.9 Å². The van der Waals surface area contributed by atoms with Crippen molar-refractivity contribution < 1.29 is 4.79 Å². The molecule has 2 aromatic carbocycles. The van der Waals surface area contributed by atoms with Gasteiger partial charge in [0.1, 0.15) is 0 Å². The molecular weight excluding hydrogens is 346 g/mol. The van der Waals surface area contributed by atoms with Crippen molar-refractivity contribution in [3.05, 3.63) is 83.6 Å². The normalized spacial score (nSPS) is 10.4. The molecular formula is C21H20ClN3O. The molecule has 0 bridgehead atoms. The highest BCUT2D eigenvalue weighted by Crippen LogP contribution is 2.27. The third kappa shape index (κ3) is 4.41. The number of aromatic nitrogens is 1. The Labute approximate surface area is 158 Å². The topological polar surface area (TPSA) is 45.2 Å². The van der Waals surface area contributed by atoms with Gasteiger partial charge >= 0.3 is 0 Å². The molecule has 0 aliphatic rings. The summed E-state index contributed by atoms with van der Waals surface area (Å²) in [7, 11) is 0. The molecule has 0 fully saturated rings. The second kappa shape index (κ2) is 8.50. The lowest BCUT2D eigenvalue weighted by Crippen LogP contribution is -2.18. The molecule has 0 aliphatic carbocycles. The van der Waals surface area contributed by atoms with Crippen molar-refractivity contribution in [1.82, 2.24) is 4.98 Å². The second-order valence-electron chi connectivity index (χ2n) is 5.88. The summed E-state index contributed by atoms with van der Waals surface area (Å²) in [6.07, 6.45) is 4.59. The van der Waals surface area contributed by atoms with Crippen LogP contribution in [0.25, 0.3) is 0 Å². The van der Waals surface area contributed by atoms with Gasteiger partial charge in [-0.15, -0.1) is 0 Å². The number of carbonyl (C=O) groups excluding carboxylic acids is 1. The molecule has 132 valence electrons. The first-order valence-corrected chi connectivity index (χ1v) is 8.89. The van der Waals surface area contributed by atoms with Crippen LogP contribution in [0, 0.1) is 0 Å². The molecule has 0 aliphatic heterocycles. The van der Waals surface area contributed by atoms with E-state index >= 15 is 0 Å². The van der Waals surface area contributed by atoms with Crippen molar-refractivity contribution >= 4 is 34.6 Å². The predicted octanol–water partition coefficient (Wildman–Crippen LogP) is 5.54. The first-order chi connectivity index (χ1) is 12.7. The van der Waals surface area contributed by atoms with Crippen LogP contribution in [0.5, 0.6) is 0 Å². The van der Waals surface area contributed by atoms with Gasteiger partial charge in [0.25, 0.3) is 5.91 Å². The van der Waals surface area contributed by atoms with Crippen LogP contribution < -0.4 is 10.2 Å². The minimum absolute atomic E-state index is 0.187. The van der Waals surface area contributed by atoms with Crippen molar-refractivity contribution in [2.45, 2.75) is 13.3 Å². The lowest BCUT2D eigenvalue weighted by atomic mass is 10.2. The number of nitrogens with one attached hydrogen (secondary N) is 1. The Morgan fingerprint density at radius 3 is 2.62 bits per heavy atom. The molecule has 0 radical (unpaired) electrons. The molecule has 1 heterocycles. The number of hydrogen-bond donors (Lipinski definition) is 1. The molecule has 3 rings (SSSR count). The fourth-order valence-electron chi connectivity index (χ4n) is 2.73. The zero-order chi connectivity index (χ0) is 18.4. The Bertz CT molecular complexity index is 883. The first-order valence-electron chi connectivity index (χ1n) is 8.52. The van der Waals surface area contributed by atoms with Crippen molar-refractivity contribution in [3.63, 3.8) is 0 Å². The van der Waals surface area contributed by atoms with Gasteiger partial charge in [0, 0.05) is 34.7 Å². The number of carbonyl (C=O) groups is 1. The lowest BCUT2D eigenvalue weighted by Gasteiger charge is -2.24. The maximum Gasteiger partial charge on any atom is 0.255 e. The number of benzene rings is 2. The summed E-state index contributed by atoms with van der Waals surface area (Å²) in [6, 6.07) is 18.6. The smallest absolute Gasteiger partial charge is 0.255 e. The van der Waals surface area contributed by atoms with Crippen molar-refractivity contribution in [1.29, 1.82) is 0 Å². The number of nitrogens with zero attached hydrogens (tertiary/aromatic N) is 2. The van der Waals surface area contributed by atoms with E-state index in [1.807, 2.05) is 42.6 Å². The van der Waals surface area contributed by atoms with Crippen LogP contribution in [0.4, 0.5) is 17.1 Å². The van der Waals surface area contributed by atoms with E-state index in [0.29, 0.717) is 10.6 Å². The van der Waals surface area contributed by atoms with E-state index in [0.717, 1.165) is 30.0 Å². The molecule has 0 unspecified atom stereocenters. The lowest BCUT2D eigenvalue weighted by molar-refractivity contribution is 0.102. The molecule has 0 saturated carbocycles. The third-order valence-corrected chi connectivity index (χ3v) is 4.14. The average molecular weight is 366 g/mol. The number of anilines is 3. The number of halogens is 1. The Hall–Kier alpha value is -2.85. The highest BCUT2D eigenvalue weighted by molar-refractivity contribution is 6.31. The van der Waals surface area contributed by atoms with Crippen LogP contribution >= 0.6 is 11.6 Å². The Balaban J connectivity index is 1.84. The third-order valence-electron chi connectivity index (χ3n) is 3.91. The monoisotopic (exact) mass is 365 g/mol. The van der Waals surface area contributed by atoms with E-state index < -0.39 is 0 Å². The van der Waals surface area contributed by atoms with Crippen LogP contribution in [0.3, 0.4) is 0 Å². The summed E-state index contributed by atoms with van der Waals surface area (Å²) >= 11 is 5.97. The summed E-state index contributed by atoms with van der Waals surface area (Å²) < 4.78 is 0. The second-order valence-corrected chi connectivity index (χ2v) is 6.31. The molecule has 1 aromatic heterocycles. The SMILES string of the molecule is CCCN(c1cccnc1)c1cccc(NC(=O)c2cccc(Cl)c2)c1. The van der Waals surface area contributed by atoms with E-state index in [1.165, 1.54) is 0 Å². The van der Waals surface area contributed by atoms with Crippen molar-refractivity contribution in [2.24, 2.45) is 0 Å². The highest BCUT2D eigenvalue weighted by Gasteiger charge is 2.11. The molecule has 1 N–H and O–H groups in total. The van der Waals surface area contributed by atoms with Crippen LogP contribution in [0.15, 0.2) is 73.1 Å². The van der Waals surface area contributed by atoms with E-state index in [4.69, 9.17) is 11.6 Å². The first kappa shape index (κ1) is 18.0. The Morgan fingerprint density at radius 1 is 1.08 bits per heavy atom. The van der Waals surface area contributed by atoms with Crippen LogP contribution in [0.2, 0.25) is 5.02 Å². The molecule has 4 nitrogen and oxygen atoms in total. The van der Waals surface area contributed by atoms with E-state index in [1.54, 1.807) is 30.5 Å². The van der Waals surface area contributed by atoms with Crippen LogP contribution in [0.1, 0.15) is 23.7 Å². The largest absolute Gasteiger partial charge is 0.340 e. The van der Waals surface area contributed by atoms with Crippen molar-refractivity contribution in [3.8, 4) is 0 Å². The molecule has 5 heteroatoms. The molecule has 26 heavy (non-hydrogen) atoms. The predicted molar refractivity (Wildman–Crippen MR) is 107 cm³/mol. The number of amides is 1.